The standard InChI is InChI=1S/C45H28N2O2/c1-3-10-29(11-4-1)32-15-9-16-34(26-32)47(35-20-22-38-33(27-35)19-18-30-12-7-8-17-37(30)38)36-21-23-40-39(28-36)43-41(48-40)24-25-42-44(43)46-45(49-42)31-13-5-2-6-14-31/h1-28H. The highest BCUT2D eigenvalue weighted by molar-refractivity contribution is 6.17. The molecule has 2 aromatic heterocycles. The number of anilines is 3. The fourth-order valence-corrected chi connectivity index (χ4v) is 7.13. The van der Waals surface area contributed by atoms with E-state index >= 15 is 0 Å². The Hall–Kier alpha value is -6.65. The molecule has 0 radical (unpaired) electrons. The van der Waals surface area contributed by atoms with Crippen molar-refractivity contribution in [2.75, 3.05) is 4.90 Å². The first-order chi connectivity index (χ1) is 24.3. The van der Waals surface area contributed by atoms with E-state index in [0.29, 0.717) is 5.89 Å². The van der Waals surface area contributed by atoms with Gasteiger partial charge in [-0.15, -0.1) is 0 Å². The highest BCUT2D eigenvalue weighted by Gasteiger charge is 2.20. The van der Waals surface area contributed by atoms with E-state index in [1.165, 1.54) is 27.1 Å². The topological polar surface area (TPSA) is 42.4 Å². The number of aromatic nitrogens is 1. The van der Waals surface area contributed by atoms with Gasteiger partial charge in [-0.3, -0.25) is 0 Å². The lowest BCUT2D eigenvalue weighted by Gasteiger charge is -2.26. The average molecular weight is 629 g/mol. The van der Waals surface area contributed by atoms with Gasteiger partial charge < -0.3 is 13.7 Å². The van der Waals surface area contributed by atoms with Crippen LogP contribution in [0.5, 0.6) is 0 Å². The maximum Gasteiger partial charge on any atom is 0.227 e. The van der Waals surface area contributed by atoms with Gasteiger partial charge in [0.2, 0.25) is 5.89 Å². The summed E-state index contributed by atoms with van der Waals surface area (Å²) < 4.78 is 12.7. The minimum Gasteiger partial charge on any atom is -0.456 e. The molecule has 0 saturated carbocycles. The molecular weight excluding hydrogens is 601 g/mol. The first kappa shape index (κ1) is 27.5. The van der Waals surface area contributed by atoms with E-state index in [4.69, 9.17) is 13.8 Å². The second-order valence-corrected chi connectivity index (χ2v) is 12.4. The van der Waals surface area contributed by atoms with Crippen LogP contribution in [0.15, 0.2) is 179 Å². The number of benzene rings is 8. The molecule has 4 nitrogen and oxygen atoms in total. The summed E-state index contributed by atoms with van der Waals surface area (Å²) in [5.41, 5.74) is 9.52. The molecule has 0 amide bonds. The summed E-state index contributed by atoms with van der Waals surface area (Å²) in [5.74, 6) is 0.594. The lowest BCUT2D eigenvalue weighted by molar-refractivity contribution is 0.619. The molecule has 0 unspecified atom stereocenters. The Labute approximate surface area is 282 Å². The SMILES string of the molecule is c1ccc(-c2cccc(N(c3ccc4c(ccc5ccccc54)c3)c3ccc4oc5ccc6oc(-c7ccccc7)nc6c5c4c3)c2)cc1. The Morgan fingerprint density at radius 1 is 0.388 bits per heavy atom. The van der Waals surface area contributed by atoms with Crippen LogP contribution in [0, 0.1) is 0 Å². The van der Waals surface area contributed by atoms with Crippen molar-refractivity contribution in [1.82, 2.24) is 4.98 Å². The number of oxazole rings is 1. The number of furan rings is 1. The normalized spacial score (nSPS) is 11.7. The maximum atomic E-state index is 6.40. The van der Waals surface area contributed by atoms with Gasteiger partial charge in [0.1, 0.15) is 16.7 Å². The highest BCUT2D eigenvalue weighted by atomic mass is 16.4. The molecule has 0 fully saturated rings. The molecule has 0 N–H and O–H groups in total. The van der Waals surface area contributed by atoms with E-state index in [1.54, 1.807) is 0 Å². The third-order valence-corrected chi connectivity index (χ3v) is 9.45. The van der Waals surface area contributed by atoms with Gasteiger partial charge in [0.15, 0.2) is 5.58 Å². The molecule has 0 bridgehead atoms. The second-order valence-electron chi connectivity index (χ2n) is 12.4. The Morgan fingerprint density at radius 2 is 1.04 bits per heavy atom. The lowest BCUT2D eigenvalue weighted by Crippen LogP contribution is -2.10. The van der Waals surface area contributed by atoms with Crippen molar-refractivity contribution in [3.05, 3.63) is 170 Å². The van der Waals surface area contributed by atoms with Crippen LogP contribution in [0.25, 0.3) is 77.2 Å². The number of fused-ring (bicyclic) bond motifs is 8. The Balaban J connectivity index is 1.19. The van der Waals surface area contributed by atoms with Gasteiger partial charge in [0.25, 0.3) is 0 Å². The second kappa shape index (κ2) is 11.0. The number of hydrogen-bond acceptors (Lipinski definition) is 4. The van der Waals surface area contributed by atoms with Gasteiger partial charge in [0.05, 0.1) is 5.39 Å². The molecule has 4 heteroatoms. The Bertz CT molecular complexity index is 2830. The Morgan fingerprint density at radius 3 is 1.92 bits per heavy atom. The summed E-state index contributed by atoms with van der Waals surface area (Å²) in [5, 5.41) is 6.85. The van der Waals surface area contributed by atoms with Crippen LogP contribution in [-0.2, 0) is 0 Å². The number of rotatable bonds is 5. The van der Waals surface area contributed by atoms with E-state index in [9.17, 15) is 0 Å². The third-order valence-electron chi connectivity index (χ3n) is 9.45. The molecule has 0 aliphatic rings. The van der Waals surface area contributed by atoms with Gasteiger partial charge in [-0.05, 0) is 99.4 Å². The van der Waals surface area contributed by atoms with Crippen molar-refractivity contribution in [2.45, 2.75) is 0 Å². The summed E-state index contributed by atoms with van der Waals surface area (Å²) in [6.45, 7) is 0. The molecular formula is C45H28N2O2. The van der Waals surface area contributed by atoms with Crippen LogP contribution in [-0.4, -0.2) is 4.98 Å². The van der Waals surface area contributed by atoms with Crippen molar-refractivity contribution in [1.29, 1.82) is 0 Å². The zero-order valence-electron chi connectivity index (χ0n) is 26.4. The summed E-state index contributed by atoms with van der Waals surface area (Å²) in [4.78, 5) is 7.32. The van der Waals surface area contributed by atoms with Crippen LogP contribution < -0.4 is 4.90 Å². The van der Waals surface area contributed by atoms with Crippen LogP contribution in [0.1, 0.15) is 0 Å². The molecule has 49 heavy (non-hydrogen) atoms. The van der Waals surface area contributed by atoms with Gasteiger partial charge in [0, 0.05) is 28.0 Å². The quantitative estimate of drug-likeness (QED) is 0.178. The van der Waals surface area contributed by atoms with E-state index < -0.39 is 0 Å². The molecule has 10 rings (SSSR count). The molecule has 10 aromatic rings. The number of nitrogens with zero attached hydrogens (tertiary/aromatic N) is 2. The fourth-order valence-electron chi connectivity index (χ4n) is 7.13. The largest absolute Gasteiger partial charge is 0.456 e. The van der Waals surface area contributed by atoms with E-state index in [0.717, 1.165) is 61.2 Å². The minimum atomic E-state index is 0.594. The van der Waals surface area contributed by atoms with Crippen LogP contribution >= 0.6 is 0 Å². The molecule has 0 atom stereocenters. The molecule has 0 saturated heterocycles. The van der Waals surface area contributed by atoms with E-state index in [1.807, 2.05) is 42.5 Å². The van der Waals surface area contributed by atoms with Crippen LogP contribution in [0.2, 0.25) is 0 Å². The summed E-state index contributed by atoms with van der Waals surface area (Å²) >= 11 is 0. The predicted molar refractivity (Wildman–Crippen MR) is 202 cm³/mol. The highest BCUT2D eigenvalue weighted by Crippen LogP contribution is 2.43. The smallest absolute Gasteiger partial charge is 0.227 e. The van der Waals surface area contributed by atoms with Crippen molar-refractivity contribution in [2.24, 2.45) is 0 Å². The van der Waals surface area contributed by atoms with Crippen molar-refractivity contribution >= 4 is 71.6 Å². The molecule has 230 valence electrons. The van der Waals surface area contributed by atoms with Gasteiger partial charge >= 0.3 is 0 Å². The van der Waals surface area contributed by atoms with Crippen molar-refractivity contribution in [3.8, 4) is 22.6 Å². The summed E-state index contributed by atoms with van der Waals surface area (Å²) in [6, 6.07) is 59.4. The lowest BCUT2D eigenvalue weighted by atomic mass is 10.0. The zero-order chi connectivity index (χ0) is 32.3. The summed E-state index contributed by atoms with van der Waals surface area (Å²) in [7, 11) is 0. The molecule has 0 aliphatic carbocycles. The van der Waals surface area contributed by atoms with Gasteiger partial charge in [-0.1, -0.05) is 103 Å². The van der Waals surface area contributed by atoms with Gasteiger partial charge in [-0.25, -0.2) is 4.98 Å². The van der Waals surface area contributed by atoms with Gasteiger partial charge in [-0.2, -0.15) is 0 Å². The first-order valence-corrected chi connectivity index (χ1v) is 16.5. The van der Waals surface area contributed by atoms with Crippen LogP contribution in [0.4, 0.5) is 17.1 Å². The average Bonchev–Trinajstić information content (AvgIpc) is 3.77. The Kier molecular flexibility index (Phi) is 6.15. The molecule has 0 spiro atoms. The van der Waals surface area contributed by atoms with E-state index in [2.05, 4.69) is 132 Å². The third kappa shape index (κ3) is 4.57. The monoisotopic (exact) mass is 628 g/mol. The van der Waals surface area contributed by atoms with Crippen molar-refractivity contribution < 1.29 is 8.83 Å². The minimum absolute atomic E-state index is 0.594. The fraction of sp³-hybridized carbons (Fsp3) is 0. The number of hydrogen-bond donors (Lipinski definition) is 0. The maximum absolute atomic E-state index is 6.40. The zero-order valence-corrected chi connectivity index (χ0v) is 26.4. The molecule has 0 aliphatic heterocycles. The molecule has 8 aromatic carbocycles. The van der Waals surface area contributed by atoms with Crippen molar-refractivity contribution in [3.63, 3.8) is 0 Å². The molecule has 2 heterocycles. The van der Waals surface area contributed by atoms with Crippen LogP contribution in [0.3, 0.4) is 0 Å². The first-order valence-electron chi connectivity index (χ1n) is 16.5. The predicted octanol–water partition coefficient (Wildman–Crippen LogP) is 12.8. The summed E-state index contributed by atoms with van der Waals surface area (Å²) in [6.07, 6.45) is 0. The van der Waals surface area contributed by atoms with E-state index in [-0.39, 0.29) is 0 Å².